The van der Waals surface area contributed by atoms with Crippen molar-refractivity contribution < 1.29 is 14.6 Å². The van der Waals surface area contributed by atoms with Gasteiger partial charge in [0.05, 0.1) is 0 Å². The minimum absolute atomic E-state index is 0.192. The van der Waals surface area contributed by atoms with Gasteiger partial charge in [-0.25, -0.2) is 4.79 Å². The van der Waals surface area contributed by atoms with E-state index < -0.39 is 5.97 Å². The number of carboxylic acids is 1. The summed E-state index contributed by atoms with van der Waals surface area (Å²) in [5, 5.41) is 9.76. The summed E-state index contributed by atoms with van der Waals surface area (Å²) >= 11 is 6.02. The van der Waals surface area contributed by atoms with Crippen LogP contribution >= 0.6 is 11.6 Å². The number of hydrogen-bond acceptors (Lipinski definition) is 2. The first-order valence-electron chi connectivity index (χ1n) is 6.76. The molecule has 1 aliphatic heterocycles. The molecule has 0 bridgehead atoms. The molecule has 1 aromatic rings. The monoisotopic (exact) mass is 280 g/mol. The third kappa shape index (κ3) is 2.00. The Balaban J connectivity index is 2.04. The standard InChI is InChI=1S/C15H17ClO3/c1-9-4-2-3-5-15(9)8-10-6-11(16)7-12(14(17)18)13(10)19-15/h6-7,9H,2-5,8H2,1H3,(H,17,18). The topological polar surface area (TPSA) is 46.5 Å². The maximum absolute atomic E-state index is 11.3. The molecule has 2 aliphatic rings. The van der Waals surface area contributed by atoms with Crippen LogP contribution in [0.4, 0.5) is 0 Å². The minimum Gasteiger partial charge on any atom is -0.485 e. The lowest BCUT2D eigenvalue weighted by Crippen LogP contribution is -2.43. The molecule has 3 nitrogen and oxygen atoms in total. The number of benzene rings is 1. The fourth-order valence-electron chi connectivity index (χ4n) is 3.42. The third-order valence-corrected chi connectivity index (χ3v) is 4.76. The van der Waals surface area contributed by atoms with Gasteiger partial charge >= 0.3 is 5.97 Å². The van der Waals surface area contributed by atoms with Crippen molar-refractivity contribution in [2.45, 2.75) is 44.6 Å². The van der Waals surface area contributed by atoms with Crippen molar-refractivity contribution in [3.05, 3.63) is 28.3 Å². The first kappa shape index (κ1) is 12.8. The van der Waals surface area contributed by atoms with Crippen LogP contribution in [0.3, 0.4) is 0 Å². The van der Waals surface area contributed by atoms with Gasteiger partial charge in [-0.05, 0) is 37.3 Å². The number of aromatic carboxylic acids is 1. The number of carboxylic acid groups (broad SMARTS) is 1. The van der Waals surface area contributed by atoms with Crippen LogP contribution in [0.5, 0.6) is 5.75 Å². The van der Waals surface area contributed by atoms with Crippen LogP contribution in [0.2, 0.25) is 5.02 Å². The summed E-state index contributed by atoms with van der Waals surface area (Å²) in [6.45, 7) is 2.20. The van der Waals surface area contributed by atoms with Crippen LogP contribution in [-0.4, -0.2) is 16.7 Å². The molecule has 102 valence electrons. The zero-order valence-corrected chi connectivity index (χ0v) is 11.7. The average molecular weight is 281 g/mol. The fourth-order valence-corrected chi connectivity index (χ4v) is 3.66. The van der Waals surface area contributed by atoms with Crippen molar-refractivity contribution >= 4 is 17.6 Å². The van der Waals surface area contributed by atoms with Gasteiger partial charge in [0.2, 0.25) is 0 Å². The molecule has 3 rings (SSSR count). The molecule has 1 heterocycles. The van der Waals surface area contributed by atoms with E-state index in [0.717, 1.165) is 31.2 Å². The predicted octanol–water partition coefficient (Wildman–Crippen LogP) is 3.92. The number of rotatable bonds is 1. The van der Waals surface area contributed by atoms with E-state index in [1.54, 1.807) is 0 Å². The molecule has 4 heteroatoms. The van der Waals surface area contributed by atoms with Gasteiger partial charge in [-0.1, -0.05) is 24.9 Å². The van der Waals surface area contributed by atoms with E-state index >= 15 is 0 Å². The largest absolute Gasteiger partial charge is 0.485 e. The summed E-state index contributed by atoms with van der Waals surface area (Å²) in [6, 6.07) is 3.33. The van der Waals surface area contributed by atoms with Crippen LogP contribution in [0.1, 0.15) is 48.5 Å². The summed E-state index contributed by atoms with van der Waals surface area (Å²) in [4.78, 5) is 11.3. The van der Waals surface area contributed by atoms with E-state index in [2.05, 4.69) is 6.92 Å². The second-order valence-corrected chi connectivity index (χ2v) is 6.17. The van der Waals surface area contributed by atoms with Crippen molar-refractivity contribution in [1.82, 2.24) is 0 Å². The van der Waals surface area contributed by atoms with Crippen LogP contribution in [-0.2, 0) is 6.42 Å². The highest BCUT2D eigenvalue weighted by atomic mass is 35.5. The van der Waals surface area contributed by atoms with E-state index in [1.807, 2.05) is 6.07 Å². The Kier molecular flexibility index (Phi) is 2.97. The highest BCUT2D eigenvalue weighted by Crippen LogP contribution is 2.48. The average Bonchev–Trinajstić information content (AvgIpc) is 2.71. The molecular weight excluding hydrogens is 264 g/mol. The fraction of sp³-hybridized carbons (Fsp3) is 0.533. The smallest absolute Gasteiger partial charge is 0.339 e. The SMILES string of the molecule is CC1CCCCC12Cc1cc(Cl)cc(C(=O)O)c1O2. The van der Waals surface area contributed by atoms with Crippen LogP contribution in [0, 0.1) is 5.92 Å². The van der Waals surface area contributed by atoms with Gasteiger partial charge in [0.1, 0.15) is 16.9 Å². The Morgan fingerprint density at radius 3 is 2.95 bits per heavy atom. The number of carbonyl (C=O) groups is 1. The van der Waals surface area contributed by atoms with Crippen molar-refractivity contribution in [2.75, 3.05) is 0 Å². The molecule has 2 unspecified atom stereocenters. The minimum atomic E-state index is -0.973. The van der Waals surface area contributed by atoms with Gasteiger partial charge in [-0.3, -0.25) is 0 Å². The number of ether oxygens (including phenoxy) is 1. The number of fused-ring (bicyclic) bond motifs is 1. The van der Waals surface area contributed by atoms with E-state index in [0.29, 0.717) is 16.7 Å². The van der Waals surface area contributed by atoms with Gasteiger partial charge in [0, 0.05) is 17.0 Å². The molecule has 1 N–H and O–H groups in total. The van der Waals surface area contributed by atoms with Crippen LogP contribution < -0.4 is 4.74 Å². The van der Waals surface area contributed by atoms with E-state index in [1.165, 1.54) is 12.5 Å². The summed E-state index contributed by atoms with van der Waals surface area (Å²) in [5.74, 6) is 0.0129. The zero-order valence-electron chi connectivity index (χ0n) is 10.9. The lowest BCUT2D eigenvalue weighted by molar-refractivity contribution is 0.00249. The predicted molar refractivity (Wildman–Crippen MR) is 73.1 cm³/mol. The summed E-state index contributed by atoms with van der Waals surface area (Å²) in [6.07, 6.45) is 5.30. The first-order valence-corrected chi connectivity index (χ1v) is 7.14. The third-order valence-electron chi connectivity index (χ3n) is 4.54. The van der Waals surface area contributed by atoms with Crippen molar-refractivity contribution in [2.24, 2.45) is 5.92 Å². The lowest BCUT2D eigenvalue weighted by Gasteiger charge is -2.38. The summed E-state index contributed by atoms with van der Waals surface area (Å²) in [5.41, 5.74) is 0.922. The van der Waals surface area contributed by atoms with Crippen molar-refractivity contribution in [3.8, 4) is 5.75 Å². The number of hydrogen-bond donors (Lipinski definition) is 1. The molecular formula is C15H17ClO3. The molecule has 0 amide bonds. The van der Waals surface area contributed by atoms with Gasteiger partial charge in [-0.2, -0.15) is 0 Å². The van der Waals surface area contributed by atoms with E-state index in [4.69, 9.17) is 16.3 Å². The van der Waals surface area contributed by atoms with Gasteiger partial charge in [-0.15, -0.1) is 0 Å². The zero-order chi connectivity index (χ0) is 13.6. The normalized spacial score (nSPS) is 29.1. The Hall–Kier alpha value is -1.22. The quantitative estimate of drug-likeness (QED) is 0.848. The van der Waals surface area contributed by atoms with Crippen LogP contribution in [0.15, 0.2) is 12.1 Å². The van der Waals surface area contributed by atoms with E-state index in [9.17, 15) is 9.90 Å². The summed E-state index contributed by atoms with van der Waals surface area (Å²) in [7, 11) is 0. The molecule has 2 atom stereocenters. The Bertz CT molecular complexity index is 540. The first-order chi connectivity index (χ1) is 9.02. The molecule has 1 saturated carbocycles. The summed E-state index contributed by atoms with van der Waals surface area (Å²) < 4.78 is 6.16. The van der Waals surface area contributed by atoms with E-state index in [-0.39, 0.29) is 11.2 Å². The second-order valence-electron chi connectivity index (χ2n) is 5.74. The molecule has 1 spiro atoms. The van der Waals surface area contributed by atoms with Crippen molar-refractivity contribution in [1.29, 1.82) is 0 Å². The van der Waals surface area contributed by atoms with Gasteiger partial charge in [0.15, 0.2) is 0 Å². The molecule has 0 radical (unpaired) electrons. The maximum Gasteiger partial charge on any atom is 0.339 e. The Labute approximate surface area is 117 Å². The Morgan fingerprint density at radius 2 is 2.26 bits per heavy atom. The molecule has 1 fully saturated rings. The highest BCUT2D eigenvalue weighted by molar-refractivity contribution is 6.31. The molecule has 1 aromatic carbocycles. The molecule has 0 aromatic heterocycles. The Morgan fingerprint density at radius 1 is 1.47 bits per heavy atom. The molecule has 1 aliphatic carbocycles. The molecule has 19 heavy (non-hydrogen) atoms. The second kappa shape index (κ2) is 4.41. The van der Waals surface area contributed by atoms with Crippen molar-refractivity contribution in [3.63, 3.8) is 0 Å². The van der Waals surface area contributed by atoms with Crippen LogP contribution in [0.25, 0.3) is 0 Å². The highest BCUT2D eigenvalue weighted by Gasteiger charge is 2.46. The maximum atomic E-state index is 11.3. The lowest BCUT2D eigenvalue weighted by atomic mass is 9.74. The van der Waals surface area contributed by atoms with Gasteiger partial charge < -0.3 is 9.84 Å². The molecule has 0 saturated heterocycles. The van der Waals surface area contributed by atoms with Gasteiger partial charge in [0.25, 0.3) is 0 Å². The number of halogens is 1.